The fourth-order valence-electron chi connectivity index (χ4n) is 5.10. The lowest BCUT2D eigenvalue weighted by atomic mass is 10.1. The van der Waals surface area contributed by atoms with E-state index in [9.17, 15) is 0 Å². The molecule has 0 nitrogen and oxygen atoms in total. The summed E-state index contributed by atoms with van der Waals surface area (Å²) in [6.45, 7) is 0. The van der Waals surface area contributed by atoms with Crippen molar-refractivity contribution >= 4 is 29.1 Å². The van der Waals surface area contributed by atoms with Gasteiger partial charge in [-0.25, -0.2) is 0 Å². The van der Waals surface area contributed by atoms with Crippen LogP contribution in [0.3, 0.4) is 0 Å². The van der Waals surface area contributed by atoms with Crippen molar-refractivity contribution in [3.8, 4) is 0 Å². The highest BCUT2D eigenvalue weighted by atomic mass is 31.1. The van der Waals surface area contributed by atoms with E-state index in [2.05, 4.69) is 78.9 Å². The van der Waals surface area contributed by atoms with Crippen LogP contribution < -0.4 is 5.30 Å². The Kier molecular flexibility index (Phi) is 7.52. The van der Waals surface area contributed by atoms with Crippen LogP contribution in [0.4, 0.5) is 0 Å². The number of hydrogen-bond acceptors (Lipinski definition) is 0. The van der Waals surface area contributed by atoms with Crippen molar-refractivity contribution in [1.82, 2.24) is 0 Å². The topological polar surface area (TPSA) is 0 Å². The first-order chi connectivity index (χ1) is 15.3. The molecule has 3 aromatic carbocycles. The predicted molar refractivity (Wildman–Crippen MR) is 143 cm³/mol. The minimum atomic E-state index is 0.00724. The summed E-state index contributed by atoms with van der Waals surface area (Å²) < 4.78 is 0. The molecule has 0 saturated carbocycles. The summed E-state index contributed by atoms with van der Waals surface area (Å²) in [5.74, 6) is 0. The normalized spacial score (nSPS) is 16.0. The van der Waals surface area contributed by atoms with Gasteiger partial charge < -0.3 is 0 Å². The van der Waals surface area contributed by atoms with Crippen LogP contribution in [-0.2, 0) is 24.6 Å². The molecule has 0 unspecified atom stereocenters. The molecular weight excluding hydrogens is 429 g/mol. The summed E-state index contributed by atoms with van der Waals surface area (Å²) in [6.07, 6.45) is 14.2. The van der Waals surface area contributed by atoms with Crippen molar-refractivity contribution in [2.24, 2.45) is 0 Å². The summed E-state index contributed by atoms with van der Waals surface area (Å²) in [7, 11) is 0.398. The SMILES string of the molecule is c1ccc(P(CCCP2Cc3ccccc3C2)CCCP2Cc3ccccc3C2)cc1. The zero-order valence-electron chi connectivity index (χ0n) is 18.4. The first-order valence-corrected chi connectivity index (χ1v) is 17.2. The number of rotatable bonds is 9. The minimum absolute atomic E-state index is 0.00724. The standard InChI is InChI=1S/C28H33P3/c1-2-14-28(15-3-1)31(18-8-16-29-20-24-10-4-5-11-25(24)21-29)19-9-17-30-22-26-12-6-7-13-27(26)23-30/h1-7,10-15H,8-9,16-23H2. The van der Waals surface area contributed by atoms with Gasteiger partial charge in [0.25, 0.3) is 0 Å². The van der Waals surface area contributed by atoms with Crippen LogP contribution in [0.5, 0.6) is 0 Å². The number of hydrogen-bond donors (Lipinski definition) is 0. The predicted octanol–water partition coefficient (Wildman–Crippen LogP) is 7.97. The average molecular weight is 462 g/mol. The Morgan fingerprint density at radius 1 is 0.516 bits per heavy atom. The Labute approximate surface area is 192 Å². The fourth-order valence-corrected chi connectivity index (χ4v) is 13.2. The molecule has 31 heavy (non-hydrogen) atoms. The molecule has 0 N–H and O–H groups in total. The molecule has 0 aliphatic carbocycles. The first kappa shape index (κ1) is 21.8. The monoisotopic (exact) mass is 462 g/mol. The third-order valence-corrected chi connectivity index (χ3v) is 14.5. The van der Waals surface area contributed by atoms with E-state index in [-0.39, 0.29) is 23.8 Å². The van der Waals surface area contributed by atoms with Gasteiger partial charge in [-0.3, -0.25) is 0 Å². The van der Waals surface area contributed by atoms with E-state index in [1.165, 1.54) is 62.1 Å². The van der Waals surface area contributed by atoms with Gasteiger partial charge in [0.1, 0.15) is 0 Å². The maximum absolute atomic E-state index is 2.40. The van der Waals surface area contributed by atoms with Gasteiger partial charge in [0.2, 0.25) is 0 Å². The van der Waals surface area contributed by atoms with Crippen molar-refractivity contribution in [3.63, 3.8) is 0 Å². The molecule has 0 amide bonds. The second kappa shape index (κ2) is 10.7. The van der Waals surface area contributed by atoms with E-state index in [1.54, 1.807) is 27.6 Å². The highest BCUT2D eigenvalue weighted by Gasteiger charge is 2.22. The molecule has 0 bridgehead atoms. The van der Waals surface area contributed by atoms with Crippen LogP contribution in [0.25, 0.3) is 0 Å². The van der Waals surface area contributed by atoms with Gasteiger partial charge >= 0.3 is 0 Å². The lowest BCUT2D eigenvalue weighted by molar-refractivity contribution is 1.06. The lowest BCUT2D eigenvalue weighted by Gasteiger charge is -2.20. The molecule has 2 aliphatic rings. The maximum Gasteiger partial charge on any atom is -0.00672 e. The van der Waals surface area contributed by atoms with Crippen LogP contribution in [0.2, 0.25) is 0 Å². The zero-order chi connectivity index (χ0) is 20.9. The summed E-state index contributed by atoms with van der Waals surface area (Å²) in [6, 6.07) is 29.8. The molecule has 0 atom stereocenters. The van der Waals surface area contributed by atoms with Crippen molar-refractivity contribution in [2.75, 3.05) is 24.6 Å². The lowest BCUT2D eigenvalue weighted by Crippen LogP contribution is -2.08. The second-order valence-electron chi connectivity index (χ2n) is 8.99. The van der Waals surface area contributed by atoms with Crippen molar-refractivity contribution in [3.05, 3.63) is 101 Å². The van der Waals surface area contributed by atoms with Crippen LogP contribution in [0, 0.1) is 0 Å². The molecule has 160 valence electrons. The smallest absolute Gasteiger partial charge is 0.00672 e. The largest absolute Gasteiger partial charge is 0.0977 e. The van der Waals surface area contributed by atoms with Gasteiger partial charge in [0, 0.05) is 0 Å². The van der Waals surface area contributed by atoms with E-state index in [0.717, 1.165) is 0 Å². The fraction of sp³-hybridized carbons (Fsp3) is 0.357. The Morgan fingerprint density at radius 2 is 0.903 bits per heavy atom. The molecule has 2 heterocycles. The molecule has 5 rings (SSSR count). The van der Waals surface area contributed by atoms with Crippen LogP contribution >= 0.6 is 23.8 Å². The molecule has 0 saturated heterocycles. The van der Waals surface area contributed by atoms with Crippen LogP contribution in [0.1, 0.15) is 35.1 Å². The van der Waals surface area contributed by atoms with E-state index < -0.39 is 0 Å². The Bertz CT molecular complexity index is 873. The second-order valence-corrected chi connectivity index (χ2v) is 16.3. The van der Waals surface area contributed by atoms with Gasteiger partial charge in [-0.05, 0) is 89.7 Å². The number of benzene rings is 3. The number of fused-ring (bicyclic) bond motifs is 2. The van der Waals surface area contributed by atoms with Crippen LogP contribution in [-0.4, -0.2) is 24.6 Å². The molecule has 3 heteroatoms. The molecule has 2 aliphatic heterocycles. The van der Waals surface area contributed by atoms with E-state index in [0.29, 0.717) is 0 Å². The summed E-state index contributed by atoms with van der Waals surface area (Å²) in [5, 5.41) is 1.64. The summed E-state index contributed by atoms with van der Waals surface area (Å²) in [5.41, 5.74) is 6.55. The summed E-state index contributed by atoms with van der Waals surface area (Å²) in [4.78, 5) is 0. The Hall–Kier alpha value is -1.05. The highest BCUT2D eigenvalue weighted by Crippen LogP contribution is 2.53. The zero-order valence-corrected chi connectivity index (χ0v) is 21.1. The van der Waals surface area contributed by atoms with Gasteiger partial charge in [-0.2, -0.15) is 0 Å². The van der Waals surface area contributed by atoms with Crippen molar-refractivity contribution in [1.29, 1.82) is 0 Å². The molecule has 0 spiro atoms. The van der Waals surface area contributed by atoms with Crippen molar-refractivity contribution < 1.29 is 0 Å². The van der Waals surface area contributed by atoms with Gasteiger partial charge in [0.15, 0.2) is 0 Å². The van der Waals surface area contributed by atoms with Gasteiger partial charge in [-0.15, -0.1) is 0 Å². The van der Waals surface area contributed by atoms with E-state index in [1.807, 2.05) is 0 Å². The average Bonchev–Trinajstić information content (AvgIpc) is 3.42. The van der Waals surface area contributed by atoms with E-state index in [4.69, 9.17) is 0 Å². The van der Waals surface area contributed by atoms with E-state index >= 15 is 0 Å². The molecule has 3 aromatic rings. The van der Waals surface area contributed by atoms with Gasteiger partial charge in [-0.1, -0.05) is 103 Å². The third-order valence-electron chi connectivity index (χ3n) is 6.74. The Morgan fingerprint density at radius 3 is 1.32 bits per heavy atom. The quantitative estimate of drug-likeness (QED) is 0.283. The molecule has 0 fully saturated rings. The van der Waals surface area contributed by atoms with Crippen molar-refractivity contribution in [2.45, 2.75) is 37.5 Å². The highest BCUT2D eigenvalue weighted by molar-refractivity contribution is 7.65. The van der Waals surface area contributed by atoms with Crippen LogP contribution in [0.15, 0.2) is 78.9 Å². The Balaban J connectivity index is 1.11. The molecule has 0 radical (unpaired) electrons. The molecule has 0 aromatic heterocycles. The minimum Gasteiger partial charge on any atom is -0.0977 e. The third kappa shape index (κ3) is 5.66. The maximum atomic E-state index is 2.40. The first-order valence-electron chi connectivity index (χ1n) is 11.7. The van der Waals surface area contributed by atoms with Gasteiger partial charge in [0.05, 0.1) is 0 Å². The summed E-state index contributed by atoms with van der Waals surface area (Å²) >= 11 is 0. The molecular formula is C28H33P3.